The molecule has 2 heteroatoms. The van der Waals surface area contributed by atoms with E-state index in [1.54, 1.807) is 0 Å². The molecule has 0 amide bonds. The van der Waals surface area contributed by atoms with Gasteiger partial charge in [0, 0.05) is 6.61 Å². The lowest BCUT2D eigenvalue weighted by Crippen LogP contribution is -2.23. The minimum Gasteiger partial charge on any atom is -0.378 e. The second kappa shape index (κ2) is 6.49. The lowest BCUT2D eigenvalue weighted by molar-refractivity contribution is 0.0545. The van der Waals surface area contributed by atoms with Crippen molar-refractivity contribution in [3.63, 3.8) is 0 Å². The number of ether oxygens (including phenoxy) is 1. The van der Waals surface area contributed by atoms with Crippen LogP contribution in [0.2, 0.25) is 0 Å². The van der Waals surface area contributed by atoms with Crippen LogP contribution in [0.5, 0.6) is 0 Å². The number of rotatable bonds is 7. The third kappa shape index (κ3) is 5.53. The van der Waals surface area contributed by atoms with E-state index in [0.717, 1.165) is 13.2 Å². The van der Waals surface area contributed by atoms with Gasteiger partial charge in [0.1, 0.15) is 0 Å². The Morgan fingerprint density at radius 3 is 2.47 bits per heavy atom. The fraction of sp³-hybridized carbons (Fsp3) is 1.00. The van der Waals surface area contributed by atoms with Gasteiger partial charge in [-0.3, -0.25) is 0 Å². The summed E-state index contributed by atoms with van der Waals surface area (Å²) in [5.74, 6) is 0. The van der Waals surface area contributed by atoms with E-state index in [2.05, 4.69) is 13.8 Å². The molecule has 0 aromatic rings. The number of nitrogens with two attached hydrogens (primary N) is 1. The maximum absolute atomic E-state index is 5.82. The second-order valence-electron chi connectivity index (χ2n) is 5.60. The van der Waals surface area contributed by atoms with E-state index < -0.39 is 0 Å². The van der Waals surface area contributed by atoms with Gasteiger partial charge < -0.3 is 10.5 Å². The summed E-state index contributed by atoms with van der Waals surface area (Å²) in [4.78, 5) is 0. The molecule has 2 N–H and O–H groups in total. The lowest BCUT2D eigenvalue weighted by Gasteiger charge is -2.22. The largest absolute Gasteiger partial charge is 0.378 e. The standard InChI is InChI=1S/C13H27NO/c1-13(2,11-14)9-5-6-10-15-12-7-3-4-8-12/h12H,3-11,14H2,1-2H3. The van der Waals surface area contributed by atoms with Crippen LogP contribution in [-0.4, -0.2) is 19.3 Å². The molecular formula is C13H27NO. The minimum absolute atomic E-state index is 0.313. The highest BCUT2D eigenvalue weighted by Gasteiger charge is 2.16. The third-order valence-electron chi connectivity index (χ3n) is 3.46. The highest BCUT2D eigenvalue weighted by atomic mass is 16.5. The van der Waals surface area contributed by atoms with Gasteiger partial charge in [-0.2, -0.15) is 0 Å². The van der Waals surface area contributed by atoms with Crippen molar-refractivity contribution in [3.05, 3.63) is 0 Å². The first kappa shape index (κ1) is 13.0. The van der Waals surface area contributed by atoms with Gasteiger partial charge in [0.15, 0.2) is 0 Å². The van der Waals surface area contributed by atoms with Crippen molar-refractivity contribution in [1.29, 1.82) is 0 Å². The second-order valence-corrected chi connectivity index (χ2v) is 5.60. The van der Waals surface area contributed by atoms with Crippen LogP contribution in [0.15, 0.2) is 0 Å². The van der Waals surface area contributed by atoms with Crippen molar-refractivity contribution in [2.24, 2.45) is 11.1 Å². The fourth-order valence-electron chi connectivity index (χ4n) is 2.11. The Kier molecular flexibility index (Phi) is 5.62. The molecule has 1 aliphatic carbocycles. The highest BCUT2D eigenvalue weighted by Crippen LogP contribution is 2.23. The molecule has 1 fully saturated rings. The molecule has 0 atom stereocenters. The summed E-state index contributed by atoms with van der Waals surface area (Å²) in [5, 5.41) is 0. The van der Waals surface area contributed by atoms with Crippen molar-refractivity contribution in [1.82, 2.24) is 0 Å². The van der Waals surface area contributed by atoms with Gasteiger partial charge in [-0.1, -0.05) is 33.1 Å². The van der Waals surface area contributed by atoms with Crippen molar-refractivity contribution >= 4 is 0 Å². The number of hydrogen-bond donors (Lipinski definition) is 1. The Labute approximate surface area is 94.6 Å². The van der Waals surface area contributed by atoms with E-state index in [9.17, 15) is 0 Å². The van der Waals surface area contributed by atoms with Crippen LogP contribution in [0.3, 0.4) is 0 Å². The first-order valence-electron chi connectivity index (χ1n) is 6.46. The monoisotopic (exact) mass is 213 g/mol. The number of hydrogen-bond acceptors (Lipinski definition) is 2. The first-order valence-corrected chi connectivity index (χ1v) is 6.46. The Balaban J connectivity index is 1.92. The molecular weight excluding hydrogens is 186 g/mol. The van der Waals surface area contributed by atoms with Crippen molar-refractivity contribution in [2.45, 2.75) is 64.9 Å². The van der Waals surface area contributed by atoms with Crippen LogP contribution in [-0.2, 0) is 4.74 Å². The molecule has 1 rings (SSSR count). The van der Waals surface area contributed by atoms with Crippen LogP contribution in [0.1, 0.15) is 58.8 Å². The van der Waals surface area contributed by atoms with Crippen LogP contribution < -0.4 is 5.73 Å². The minimum atomic E-state index is 0.313. The average Bonchev–Trinajstić information content (AvgIpc) is 2.70. The maximum atomic E-state index is 5.82. The fourth-order valence-corrected chi connectivity index (χ4v) is 2.11. The summed E-state index contributed by atoms with van der Waals surface area (Å²) >= 11 is 0. The van der Waals surface area contributed by atoms with E-state index >= 15 is 0 Å². The Morgan fingerprint density at radius 1 is 1.20 bits per heavy atom. The molecule has 0 spiro atoms. The predicted octanol–water partition coefficient (Wildman–Crippen LogP) is 3.10. The zero-order valence-electron chi connectivity index (χ0n) is 10.4. The zero-order valence-corrected chi connectivity index (χ0v) is 10.4. The highest BCUT2D eigenvalue weighted by molar-refractivity contribution is 4.69. The first-order chi connectivity index (χ1) is 7.14. The zero-order chi connectivity index (χ0) is 11.1. The molecule has 0 bridgehead atoms. The summed E-state index contributed by atoms with van der Waals surface area (Å²) < 4.78 is 5.82. The molecule has 15 heavy (non-hydrogen) atoms. The normalized spacial score (nSPS) is 18.6. The quantitative estimate of drug-likeness (QED) is 0.660. The molecule has 1 saturated carbocycles. The van der Waals surface area contributed by atoms with Crippen molar-refractivity contribution < 1.29 is 4.74 Å². The van der Waals surface area contributed by atoms with E-state index in [-0.39, 0.29) is 0 Å². The van der Waals surface area contributed by atoms with Gasteiger partial charge in [-0.15, -0.1) is 0 Å². The number of unbranched alkanes of at least 4 members (excludes halogenated alkanes) is 1. The SMILES string of the molecule is CC(C)(CN)CCCCOC1CCCC1. The lowest BCUT2D eigenvalue weighted by atomic mass is 9.87. The van der Waals surface area contributed by atoms with Crippen LogP contribution in [0.25, 0.3) is 0 Å². The molecule has 0 heterocycles. The molecule has 0 aliphatic heterocycles. The molecule has 1 aliphatic rings. The molecule has 0 aromatic heterocycles. The molecule has 90 valence electrons. The van der Waals surface area contributed by atoms with Gasteiger partial charge in [0.25, 0.3) is 0 Å². The molecule has 2 nitrogen and oxygen atoms in total. The maximum Gasteiger partial charge on any atom is 0.0575 e. The molecule has 0 unspecified atom stereocenters. The summed E-state index contributed by atoms with van der Waals surface area (Å²) in [6.45, 7) is 6.22. The Bertz CT molecular complexity index is 162. The predicted molar refractivity (Wildman–Crippen MR) is 64.9 cm³/mol. The van der Waals surface area contributed by atoms with E-state index in [1.807, 2.05) is 0 Å². The van der Waals surface area contributed by atoms with Gasteiger partial charge in [-0.25, -0.2) is 0 Å². The molecule has 0 radical (unpaired) electrons. The van der Waals surface area contributed by atoms with Crippen LogP contribution in [0.4, 0.5) is 0 Å². The summed E-state index contributed by atoms with van der Waals surface area (Å²) in [6, 6.07) is 0. The van der Waals surface area contributed by atoms with Crippen LogP contribution >= 0.6 is 0 Å². The smallest absolute Gasteiger partial charge is 0.0575 e. The van der Waals surface area contributed by atoms with E-state index in [0.29, 0.717) is 11.5 Å². The van der Waals surface area contributed by atoms with Gasteiger partial charge >= 0.3 is 0 Å². The third-order valence-corrected chi connectivity index (χ3v) is 3.46. The summed E-state index contributed by atoms with van der Waals surface area (Å²) in [5.41, 5.74) is 6.00. The summed E-state index contributed by atoms with van der Waals surface area (Å²) in [6.07, 6.45) is 9.54. The van der Waals surface area contributed by atoms with Crippen LogP contribution in [0, 0.1) is 5.41 Å². The summed E-state index contributed by atoms with van der Waals surface area (Å²) in [7, 11) is 0. The van der Waals surface area contributed by atoms with E-state index in [1.165, 1.54) is 44.9 Å². The van der Waals surface area contributed by atoms with Gasteiger partial charge in [0.2, 0.25) is 0 Å². The van der Waals surface area contributed by atoms with E-state index in [4.69, 9.17) is 10.5 Å². The average molecular weight is 213 g/mol. The Hall–Kier alpha value is -0.0800. The topological polar surface area (TPSA) is 35.2 Å². The van der Waals surface area contributed by atoms with Crippen molar-refractivity contribution in [3.8, 4) is 0 Å². The molecule has 0 saturated heterocycles. The Morgan fingerprint density at radius 2 is 1.87 bits per heavy atom. The van der Waals surface area contributed by atoms with Gasteiger partial charge in [0.05, 0.1) is 6.10 Å². The van der Waals surface area contributed by atoms with Crippen molar-refractivity contribution in [2.75, 3.05) is 13.2 Å². The molecule has 0 aromatic carbocycles. The van der Waals surface area contributed by atoms with Gasteiger partial charge in [-0.05, 0) is 37.6 Å².